The number of anilines is 1. The summed E-state index contributed by atoms with van der Waals surface area (Å²) in [6.45, 7) is 0. The van der Waals surface area contributed by atoms with E-state index in [2.05, 4.69) is 0 Å². The van der Waals surface area contributed by atoms with Gasteiger partial charge in [-0.05, 0) is 23.8 Å². The number of aliphatic carboxylic acids is 1. The van der Waals surface area contributed by atoms with E-state index in [1.54, 1.807) is 0 Å². The first kappa shape index (κ1) is 9.25. The van der Waals surface area contributed by atoms with E-state index in [-0.39, 0.29) is 5.69 Å². The number of benzene rings is 1. The fraction of sp³-hybridized carbons (Fsp3) is 0. The van der Waals surface area contributed by atoms with Crippen LogP contribution in [-0.4, -0.2) is 11.1 Å². The summed E-state index contributed by atoms with van der Waals surface area (Å²) in [6.07, 6.45) is 2.31. The molecule has 0 bridgehead atoms. The highest BCUT2D eigenvalue weighted by Gasteiger charge is 1.97. The van der Waals surface area contributed by atoms with Crippen molar-refractivity contribution in [1.82, 2.24) is 0 Å². The summed E-state index contributed by atoms with van der Waals surface area (Å²) in [4.78, 5) is 10.1. The van der Waals surface area contributed by atoms with Gasteiger partial charge in [-0.25, -0.2) is 9.18 Å². The van der Waals surface area contributed by atoms with E-state index in [0.717, 1.165) is 6.08 Å². The van der Waals surface area contributed by atoms with Crippen molar-refractivity contribution in [3.63, 3.8) is 0 Å². The topological polar surface area (TPSA) is 63.3 Å². The van der Waals surface area contributed by atoms with Crippen LogP contribution in [0.15, 0.2) is 24.3 Å². The van der Waals surface area contributed by atoms with E-state index in [0.29, 0.717) is 5.56 Å². The van der Waals surface area contributed by atoms with E-state index in [1.807, 2.05) is 0 Å². The Morgan fingerprint density at radius 2 is 2.23 bits per heavy atom. The lowest BCUT2D eigenvalue weighted by atomic mass is 10.2. The van der Waals surface area contributed by atoms with Gasteiger partial charge in [0.25, 0.3) is 0 Å². The molecule has 68 valence electrons. The van der Waals surface area contributed by atoms with Crippen LogP contribution in [0.1, 0.15) is 5.56 Å². The average Bonchev–Trinajstić information content (AvgIpc) is 2.07. The molecule has 4 heteroatoms. The summed E-state index contributed by atoms with van der Waals surface area (Å²) in [5, 5.41) is 8.31. The van der Waals surface area contributed by atoms with E-state index in [9.17, 15) is 9.18 Å². The van der Waals surface area contributed by atoms with Crippen LogP contribution in [0.5, 0.6) is 0 Å². The molecule has 3 N–H and O–H groups in total. The molecule has 0 spiro atoms. The first-order valence-electron chi connectivity index (χ1n) is 3.55. The van der Waals surface area contributed by atoms with Gasteiger partial charge in [-0.2, -0.15) is 0 Å². The van der Waals surface area contributed by atoms with Gasteiger partial charge in [-0.1, -0.05) is 6.07 Å². The predicted molar refractivity (Wildman–Crippen MR) is 47.5 cm³/mol. The van der Waals surface area contributed by atoms with Gasteiger partial charge in [-0.3, -0.25) is 0 Å². The van der Waals surface area contributed by atoms with Crippen LogP contribution < -0.4 is 5.73 Å². The van der Waals surface area contributed by atoms with Crippen LogP contribution in [0.2, 0.25) is 0 Å². The molecule has 1 aromatic rings. The summed E-state index contributed by atoms with van der Waals surface area (Å²) in [6, 6.07) is 4.01. The van der Waals surface area contributed by atoms with Crippen LogP contribution >= 0.6 is 0 Å². The normalized spacial score (nSPS) is 10.5. The molecule has 0 aliphatic rings. The highest BCUT2D eigenvalue weighted by Crippen LogP contribution is 2.13. The zero-order valence-electron chi connectivity index (χ0n) is 6.70. The number of halogens is 1. The van der Waals surface area contributed by atoms with Crippen LogP contribution in [0, 0.1) is 5.82 Å². The lowest BCUT2D eigenvalue weighted by molar-refractivity contribution is -0.131. The number of carboxylic acid groups (broad SMARTS) is 1. The van der Waals surface area contributed by atoms with Crippen LogP contribution in [0.4, 0.5) is 10.1 Å². The molecule has 3 nitrogen and oxygen atoms in total. The number of hydrogen-bond donors (Lipinski definition) is 2. The first-order valence-corrected chi connectivity index (χ1v) is 3.55. The van der Waals surface area contributed by atoms with Gasteiger partial charge in [0.15, 0.2) is 0 Å². The molecule has 0 amide bonds. The molecule has 0 aromatic heterocycles. The summed E-state index contributed by atoms with van der Waals surface area (Å²) in [5.41, 5.74) is 5.83. The molecule has 1 rings (SSSR count). The van der Waals surface area contributed by atoms with Gasteiger partial charge in [0.05, 0.1) is 5.69 Å². The SMILES string of the molecule is Nc1cc(/C=C/C(=O)O)ccc1F. The quantitative estimate of drug-likeness (QED) is 0.536. The van der Waals surface area contributed by atoms with Crippen molar-refractivity contribution in [3.05, 3.63) is 35.7 Å². The lowest BCUT2D eigenvalue weighted by Gasteiger charge is -1.96. The van der Waals surface area contributed by atoms with E-state index in [1.165, 1.54) is 24.3 Å². The second-order valence-electron chi connectivity index (χ2n) is 2.45. The maximum Gasteiger partial charge on any atom is 0.328 e. The molecular weight excluding hydrogens is 173 g/mol. The van der Waals surface area contributed by atoms with E-state index >= 15 is 0 Å². The highest BCUT2D eigenvalue weighted by molar-refractivity contribution is 5.85. The summed E-state index contributed by atoms with van der Waals surface area (Å²) >= 11 is 0. The molecule has 0 saturated carbocycles. The number of nitrogens with two attached hydrogens (primary N) is 1. The summed E-state index contributed by atoms with van der Waals surface area (Å²) in [5.74, 6) is -1.56. The zero-order valence-corrected chi connectivity index (χ0v) is 6.70. The van der Waals surface area contributed by atoms with Gasteiger partial charge in [0.1, 0.15) is 5.82 Å². The van der Waals surface area contributed by atoms with Crippen molar-refractivity contribution in [2.45, 2.75) is 0 Å². The molecule has 0 atom stereocenters. The van der Waals surface area contributed by atoms with E-state index in [4.69, 9.17) is 10.8 Å². The Hall–Kier alpha value is -1.84. The minimum absolute atomic E-state index is 0.00698. The number of rotatable bonds is 2. The third-order valence-electron chi connectivity index (χ3n) is 1.44. The number of nitrogen functional groups attached to an aromatic ring is 1. The van der Waals surface area contributed by atoms with Crippen LogP contribution in [0.25, 0.3) is 6.08 Å². The Balaban J connectivity index is 2.92. The number of hydrogen-bond acceptors (Lipinski definition) is 2. The predicted octanol–water partition coefficient (Wildman–Crippen LogP) is 1.51. The Morgan fingerprint density at radius 1 is 1.54 bits per heavy atom. The fourth-order valence-corrected chi connectivity index (χ4v) is 0.833. The molecule has 0 radical (unpaired) electrons. The summed E-state index contributed by atoms with van der Waals surface area (Å²) < 4.78 is 12.6. The molecule has 0 fully saturated rings. The third kappa shape index (κ3) is 2.59. The summed E-state index contributed by atoms with van der Waals surface area (Å²) in [7, 11) is 0. The molecule has 0 aliphatic carbocycles. The molecule has 1 aromatic carbocycles. The Labute approximate surface area is 74.3 Å². The average molecular weight is 181 g/mol. The van der Waals surface area contributed by atoms with Gasteiger partial charge in [0.2, 0.25) is 0 Å². The molecule has 0 unspecified atom stereocenters. The second kappa shape index (κ2) is 3.71. The minimum atomic E-state index is -1.05. The van der Waals surface area contributed by atoms with Gasteiger partial charge >= 0.3 is 5.97 Å². The van der Waals surface area contributed by atoms with Crippen LogP contribution in [-0.2, 0) is 4.79 Å². The largest absolute Gasteiger partial charge is 0.478 e. The number of carbonyl (C=O) groups is 1. The van der Waals surface area contributed by atoms with E-state index < -0.39 is 11.8 Å². The highest BCUT2D eigenvalue weighted by atomic mass is 19.1. The second-order valence-corrected chi connectivity index (χ2v) is 2.45. The molecular formula is C9H8FNO2. The lowest BCUT2D eigenvalue weighted by Crippen LogP contribution is -1.91. The van der Waals surface area contributed by atoms with Gasteiger partial charge < -0.3 is 10.8 Å². The monoisotopic (exact) mass is 181 g/mol. The van der Waals surface area contributed by atoms with Gasteiger partial charge in [-0.15, -0.1) is 0 Å². The molecule has 13 heavy (non-hydrogen) atoms. The standard InChI is InChI=1S/C9H8FNO2/c10-7-3-1-6(5-8(7)11)2-4-9(12)13/h1-5H,11H2,(H,12,13)/b4-2+. The minimum Gasteiger partial charge on any atom is -0.478 e. The zero-order chi connectivity index (χ0) is 9.84. The van der Waals surface area contributed by atoms with Crippen molar-refractivity contribution in [1.29, 1.82) is 0 Å². The van der Waals surface area contributed by atoms with Crippen molar-refractivity contribution in [2.75, 3.05) is 5.73 Å². The van der Waals surface area contributed by atoms with Crippen molar-refractivity contribution >= 4 is 17.7 Å². The van der Waals surface area contributed by atoms with Crippen molar-refractivity contribution in [3.8, 4) is 0 Å². The fourth-order valence-electron chi connectivity index (χ4n) is 0.833. The number of carboxylic acids is 1. The third-order valence-corrected chi connectivity index (χ3v) is 1.44. The molecule has 0 heterocycles. The molecule has 0 aliphatic heterocycles. The van der Waals surface area contributed by atoms with Gasteiger partial charge in [0, 0.05) is 6.08 Å². The Morgan fingerprint density at radius 3 is 2.77 bits per heavy atom. The van der Waals surface area contributed by atoms with Crippen LogP contribution in [0.3, 0.4) is 0 Å². The van der Waals surface area contributed by atoms with Crippen molar-refractivity contribution in [2.24, 2.45) is 0 Å². The first-order chi connectivity index (χ1) is 6.09. The smallest absolute Gasteiger partial charge is 0.328 e. The maximum absolute atomic E-state index is 12.6. The Kier molecular flexibility index (Phi) is 2.64. The Bertz CT molecular complexity index is 361. The molecule has 0 saturated heterocycles. The van der Waals surface area contributed by atoms with Crippen molar-refractivity contribution < 1.29 is 14.3 Å². The maximum atomic E-state index is 12.6.